The fourth-order valence-electron chi connectivity index (χ4n) is 2.82. The third-order valence-electron chi connectivity index (χ3n) is 4.43. The molecule has 0 aliphatic heterocycles. The molecule has 4 N–H and O–H groups in total. The molecular weight excluding hydrogens is 408 g/mol. The lowest BCUT2D eigenvalue weighted by molar-refractivity contribution is 0.0957. The smallest absolute Gasteiger partial charge is 0.324 e. The van der Waals surface area contributed by atoms with Crippen molar-refractivity contribution in [3.8, 4) is 5.75 Å². The van der Waals surface area contributed by atoms with E-state index >= 15 is 0 Å². The van der Waals surface area contributed by atoms with Crippen molar-refractivity contribution < 1.29 is 14.3 Å². The van der Waals surface area contributed by atoms with Crippen molar-refractivity contribution >= 4 is 29.1 Å². The van der Waals surface area contributed by atoms with Crippen LogP contribution >= 0.6 is 0 Å². The molecule has 1 heterocycles. The molecule has 0 radical (unpaired) electrons. The Kier molecular flexibility index (Phi) is 7.37. The van der Waals surface area contributed by atoms with Crippen LogP contribution in [-0.2, 0) is 0 Å². The van der Waals surface area contributed by atoms with Gasteiger partial charge in [0.05, 0.1) is 25.5 Å². The highest BCUT2D eigenvalue weighted by atomic mass is 16.5. The van der Waals surface area contributed by atoms with E-state index in [9.17, 15) is 9.59 Å². The molecule has 164 valence electrons. The minimum atomic E-state index is -0.544. The van der Waals surface area contributed by atoms with Gasteiger partial charge in [-0.15, -0.1) is 0 Å². The molecule has 0 saturated heterocycles. The summed E-state index contributed by atoms with van der Waals surface area (Å²) in [6.07, 6.45) is 4.38. The summed E-state index contributed by atoms with van der Waals surface area (Å²) < 4.78 is 5.28. The predicted molar refractivity (Wildman–Crippen MR) is 124 cm³/mol. The van der Waals surface area contributed by atoms with Crippen molar-refractivity contribution in [1.82, 2.24) is 15.3 Å². The highest BCUT2D eigenvalue weighted by Crippen LogP contribution is 2.25. The molecule has 0 spiro atoms. The molecule has 0 unspecified atom stereocenters. The lowest BCUT2D eigenvalue weighted by Gasteiger charge is -2.14. The van der Waals surface area contributed by atoms with Gasteiger partial charge in [0.15, 0.2) is 5.82 Å². The number of nitrogens with zero attached hydrogens (tertiary/aromatic N) is 2. The Morgan fingerprint density at radius 3 is 2.56 bits per heavy atom. The van der Waals surface area contributed by atoms with Crippen molar-refractivity contribution in [3.63, 3.8) is 0 Å². The molecule has 3 rings (SSSR count). The fourth-order valence-corrected chi connectivity index (χ4v) is 2.82. The second-order valence-electron chi connectivity index (χ2n) is 6.81. The summed E-state index contributed by atoms with van der Waals surface area (Å²) in [5, 5.41) is 11.2. The van der Waals surface area contributed by atoms with Gasteiger partial charge in [-0.05, 0) is 36.8 Å². The Hall–Kier alpha value is -4.40. The lowest BCUT2D eigenvalue weighted by Crippen LogP contribution is -2.27. The maximum Gasteiger partial charge on any atom is 0.324 e. The topological polar surface area (TPSA) is 117 Å². The number of anilines is 3. The van der Waals surface area contributed by atoms with Crippen LogP contribution in [0.15, 0.2) is 73.3 Å². The van der Waals surface area contributed by atoms with Crippen LogP contribution in [0.25, 0.3) is 0 Å². The number of ether oxygens (including phenoxy) is 1. The van der Waals surface area contributed by atoms with Crippen molar-refractivity contribution in [1.29, 1.82) is 0 Å². The minimum absolute atomic E-state index is 0.231. The molecule has 3 amide bonds. The number of aryl methyl sites for hydroxylation is 1. The summed E-state index contributed by atoms with van der Waals surface area (Å²) in [5.41, 5.74) is 3.33. The minimum Gasteiger partial charge on any atom is -0.495 e. The lowest BCUT2D eigenvalue weighted by atomic mass is 10.1. The van der Waals surface area contributed by atoms with Crippen LogP contribution in [0.3, 0.4) is 0 Å². The van der Waals surface area contributed by atoms with Gasteiger partial charge >= 0.3 is 6.03 Å². The zero-order valence-electron chi connectivity index (χ0n) is 17.8. The standard InChI is InChI=1S/C23H24N6O3/c1-15-6-4-5-7-18(15)27-16(2)13-26-22(30)17-8-9-20(32-3)19(12-17)28-23(31)29-21-14-24-10-11-25-21/h4-12,14,27H,2,13H2,1,3H3,(H,26,30)(H2,25,28,29,31). The van der Waals surface area contributed by atoms with Gasteiger partial charge in [0, 0.05) is 29.3 Å². The van der Waals surface area contributed by atoms with Gasteiger partial charge in [0.1, 0.15) is 5.75 Å². The van der Waals surface area contributed by atoms with Gasteiger partial charge in [-0.3, -0.25) is 15.1 Å². The fraction of sp³-hybridized carbons (Fsp3) is 0.130. The van der Waals surface area contributed by atoms with Crippen molar-refractivity contribution in [2.24, 2.45) is 0 Å². The number of benzene rings is 2. The maximum absolute atomic E-state index is 12.6. The number of aromatic nitrogens is 2. The quantitative estimate of drug-likeness (QED) is 0.430. The SMILES string of the molecule is C=C(CNC(=O)c1ccc(OC)c(NC(=O)Nc2cnccn2)c1)Nc1ccccc1C. The van der Waals surface area contributed by atoms with E-state index in [1.54, 1.807) is 12.1 Å². The number of amides is 3. The van der Waals surface area contributed by atoms with E-state index in [-0.39, 0.29) is 18.3 Å². The van der Waals surface area contributed by atoms with E-state index < -0.39 is 6.03 Å². The number of para-hydroxylation sites is 1. The first kappa shape index (κ1) is 22.3. The summed E-state index contributed by atoms with van der Waals surface area (Å²) in [4.78, 5) is 32.8. The molecule has 2 aromatic carbocycles. The van der Waals surface area contributed by atoms with Crippen LogP contribution in [0.2, 0.25) is 0 Å². The first-order valence-electron chi connectivity index (χ1n) is 9.77. The van der Waals surface area contributed by atoms with Crippen LogP contribution < -0.4 is 26.0 Å². The molecule has 9 nitrogen and oxygen atoms in total. The molecule has 9 heteroatoms. The van der Waals surface area contributed by atoms with Crippen LogP contribution in [0.4, 0.5) is 22.0 Å². The average Bonchev–Trinajstić information content (AvgIpc) is 2.79. The molecule has 0 saturated carbocycles. The van der Waals surface area contributed by atoms with Crippen molar-refractivity contribution in [3.05, 3.63) is 84.5 Å². The number of methoxy groups -OCH3 is 1. The summed E-state index contributed by atoms with van der Waals surface area (Å²) >= 11 is 0. The van der Waals surface area contributed by atoms with E-state index in [4.69, 9.17) is 4.74 Å². The van der Waals surface area contributed by atoms with Gasteiger partial charge in [-0.1, -0.05) is 24.8 Å². The molecule has 3 aromatic rings. The second-order valence-corrected chi connectivity index (χ2v) is 6.81. The number of hydrogen-bond acceptors (Lipinski definition) is 6. The van der Waals surface area contributed by atoms with Crippen LogP contribution in [0, 0.1) is 6.92 Å². The normalized spacial score (nSPS) is 10.1. The Morgan fingerprint density at radius 2 is 1.84 bits per heavy atom. The third kappa shape index (κ3) is 6.05. The Labute approximate surface area is 185 Å². The van der Waals surface area contributed by atoms with Gasteiger partial charge in [0.25, 0.3) is 5.91 Å². The maximum atomic E-state index is 12.6. The zero-order chi connectivity index (χ0) is 22.9. The molecule has 1 aromatic heterocycles. The molecule has 0 aliphatic rings. The number of urea groups is 1. The van der Waals surface area contributed by atoms with Gasteiger partial charge in [0.2, 0.25) is 0 Å². The number of hydrogen-bond donors (Lipinski definition) is 4. The van der Waals surface area contributed by atoms with Crippen LogP contribution in [0.1, 0.15) is 15.9 Å². The zero-order valence-corrected chi connectivity index (χ0v) is 17.8. The number of rotatable bonds is 8. The Bertz CT molecular complexity index is 1120. The predicted octanol–water partition coefficient (Wildman–Crippen LogP) is 3.79. The van der Waals surface area contributed by atoms with Gasteiger partial charge < -0.3 is 20.7 Å². The number of carbonyl (C=O) groups is 2. The van der Waals surface area contributed by atoms with E-state index in [2.05, 4.69) is 37.8 Å². The molecule has 0 atom stereocenters. The average molecular weight is 432 g/mol. The first-order chi connectivity index (χ1) is 15.5. The van der Waals surface area contributed by atoms with Crippen LogP contribution in [-0.4, -0.2) is 35.6 Å². The van der Waals surface area contributed by atoms with Crippen molar-refractivity contribution in [2.75, 3.05) is 29.6 Å². The number of carbonyl (C=O) groups excluding carboxylic acids is 2. The summed E-state index contributed by atoms with van der Waals surface area (Å²) in [7, 11) is 1.47. The Morgan fingerprint density at radius 1 is 1.03 bits per heavy atom. The molecule has 0 bridgehead atoms. The third-order valence-corrected chi connectivity index (χ3v) is 4.43. The molecule has 0 aliphatic carbocycles. The van der Waals surface area contributed by atoms with Gasteiger partial charge in [-0.25, -0.2) is 9.78 Å². The number of nitrogens with one attached hydrogen (secondary N) is 4. The molecular formula is C23H24N6O3. The van der Waals surface area contributed by atoms with Gasteiger partial charge in [-0.2, -0.15) is 0 Å². The Balaban J connectivity index is 1.62. The van der Waals surface area contributed by atoms with Crippen LogP contribution in [0.5, 0.6) is 5.75 Å². The summed E-state index contributed by atoms with van der Waals surface area (Å²) in [6, 6.07) is 12.0. The molecule has 0 fully saturated rings. The highest BCUT2D eigenvalue weighted by Gasteiger charge is 2.13. The van der Waals surface area contributed by atoms with E-state index in [1.807, 2.05) is 31.2 Å². The second kappa shape index (κ2) is 10.6. The molecule has 32 heavy (non-hydrogen) atoms. The summed E-state index contributed by atoms with van der Waals surface area (Å²) in [5.74, 6) is 0.372. The monoisotopic (exact) mass is 432 g/mol. The highest BCUT2D eigenvalue weighted by molar-refractivity contribution is 6.02. The summed E-state index contributed by atoms with van der Waals surface area (Å²) in [6.45, 7) is 6.18. The van der Waals surface area contributed by atoms with E-state index in [1.165, 1.54) is 31.8 Å². The largest absolute Gasteiger partial charge is 0.495 e. The first-order valence-corrected chi connectivity index (χ1v) is 9.77. The van der Waals surface area contributed by atoms with Crippen molar-refractivity contribution in [2.45, 2.75) is 6.92 Å². The van der Waals surface area contributed by atoms with E-state index in [0.717, 1.165) is 11.3 Å². The van der Waals surface area contributed by atoms with E-state index in [0.29, 0.717) is 22.7 Å².